The second-order valence-corrected chi connectivity index (χ2v) is 7.90. The van der Waals surface area contributed by atoms with Gasteiger partial charge >= 0.3 is 0 Å². The second-order valence-electron chi connectivity index (χ2n) is 4.96. The number of H-pyrrole nitrogens is 1. The number of unbranched alkanes of at least 4 members (excludes halogenated alkanes) is 2. The highest BCUT2D eigenvalue weighted by molar-refractivity contribution is 8.20. The maximum absolute atomic E-state index is 3.22. The van der Waals surface area contributed by atoms with Crippen molar-refractivity contribution in [3.63, 3.8) is 0 Å². The average Bonchev–Trinajstić information content (AvgIpc) is 3.07. The Kier molecular flexibility index (Phi) is 3.94. The van der Waals surface area contributed by atoms with Crippen molar-refractivity contribution in [1.82, 2.24) is 4.98 Å². The molecule has 1 aliphatic heterocycles. The Hall–Kier alpha value is -0.800. The molecule has 0 radical (unpaired) electrons. The van der Waals surface area contributed by atoms with E-state index in [0.29, 0.717) is 0 Å². The summed E-state index contributed by atoms with van der Waals surface area (Å²) in [7, 11) is 0. The van der Waals surface area contributed by atoms with Crippen molar-refractivity contribution < 1.29 is 0 Å². The fourth-order valence-corrected chi connectivity index (χ4v) is 5.81. The van der Waals surface area contributed by atoms with Crippen LogP contribution in [0.15, 0.2) is 52.5 Å². The molecule has 19 heavy (non-hydrogen) atoms. The predicted molar refractivity (Wildman–Crippen MR) is 84.8 cm³/mol. The molecule has 0 atom stereocenters. The molecule has 3 heteroatoms. The van der Waals surface area contributed by atoms with E-state index in [1.54, 1.807) is 0 Å². The molecule has 0 aliphatic carbocycles. The Morgan fingerprint density at radius 2 is 1.79 bits per heavy atom. The van der Waals surface area contributed by atoms with Crippen LogP contribution in [0.25, 0.3) is 0 Å². The summed E-state index contributed by atoms with van der Waals surface area (Å²) in [4.78, 5) is 6.09. The van der Waals surface area contributed by atoms with Crippen molar-refractivity contribution in [2.45, 2.75) is 46.5 Å². The van der Waals surface area contributed by atoms with Gasteiger partial charge in [0, 0.05) is 22.2 Å². The van der Waals surface area contributed by atoms with Crippen molar-refractivity contribution in [3.05, 3.63) is 48.3 Å². The van der Waals surface area contributed by atoms with Gasteiger partial charge in [0.25, 0.3) is 0 Å². The summed E-state index contributed by atoms with van der Waals surface area (Å²) in [5.74, 6) is 0. The standard InChI is InChI=1S/C16H19NS2/c1-2-3-6-10-16(13-9-11-17-12-13)18-14-7-4-5-8-15(14)19-16/h4-5,7-9,11-12,17H,2-3,6,10H2,1H3. The van der Waals surface area contributed by atoms with Crippen molar-refractivity contribution >= 4 is 23.5 Å². The Balaban J connectivity index is 1.88. The summed E-state index contributed by atoms with van der Waals surface area (Å²) >= 11 is 4.07. The zero-order valence-corrected chi connectivity index (χ0v) is 12.8. The summed E-state index contributed by atoms with van der Waals surface area (Å²) in [5.41, 5.74) is 1.43. The quantitative estimate of drug-likeness (QED) is 0.716. The van der Waals surface area contributed by atoms with Gasteiger partial charge in [0.05, 0.1) is 4.08 Å². The van der Waals surface area contributed by atoms with E-state index in [0.717, 1.165) is 0 Å². The molecule has 1 aliphatic rings. The van der Waals surface area contributed by atoms with Gasteiger partial charge in [-0.25, -0.2) is 0 Å². The van der Waals surface area contributed by atoms with Crippen LogP contribution in [0.2, 0.25) is 0 Å². The van der Waals surface area contributed by atoms with E-state index in [9.17, 15) is 0 Å². The topological polar surface area (TPSA) is 15.8 Å². The summed E-state index contributed by atoms with van der Waals surface area (Å²) in [6.07, 6.45) is 9.35. The Bertz CT molecular complexity index is 508. The van der Waals surface area contributed by atoms with Gasteiger partial charge in [0.15, 0.2) is 0 Å². The van der Waals surface area contributed by atoms with E-state index < -0.39 is 0 Å². The van der Waals surface area contributed by atoms with E-state index in [1.807, 2.05) is 29.7 Å². The highest BCUT2D eigenvalue weighted by Gasteiger charge is 2.40. The van der Waals surface area contributed by atoms with Gasteiger partial charge < -0.3 is 4.98 Å². The molecule has 0 saturated carbocycles. The third-order valence-electron chi connectivity index (χ3n) is 3.55. The molecule has 3 rings (SSSR count). The van der Waals surface area contributed by atoms with Crippen LogP contribution >= 0.6 is 23.5 Å². The lowest BCUT2D eigenvalue weighted by Gasteiger charge is -2.26. The van der Waals surface area contributed by atoms with E-state index in [1.165, 1.54) is 41.0 Å². The third-order valence-corrected chi connectivity index (χ3v) is 6.87. The van der Waals surface area contributed by atoms with Crippen molar-refractivity contribution in [3.8, 4) is 0 Å². The molecule has 1 nitrogen and oxygen atoms in total. The van der Waals surface area contributed by atoms with Crippen LogP contribution in [-0.4, -0.2) is 4.98 Å². The number of fused-ring (bicyclic) bond motifs is 1. The minimum absolute atomic E-state index is 0.179. The first-order valence-electron chi connectivity index (χ1n) is 6.94. The molecule has 2 heterocycles. The summed E-state index contributed by atoms with van der Waals surface area (Å²) in [6.45, 7) is 2.27. The van der Waals surface area contributed by atoms with E-state index in [4.69, 9.17) is 0 Å². The first-order valence-corrected chi connectivity index (χ1v) is 8.58. The first-order chi connectivity index (χ1) is 9.34. The minimum Gasteiger partial charge on any atom is -0.367 e. The summed E-state index contributed by atoms with van der Waals surface area (Å²) < 4.78 is 0.179. The number of thioether (sulfide) groups is 2. The smallest absolute Gasteiger partial charge is 0.0968 e. The molecule has 100 valence electrons. The fraction of sp³-hybridized carbons (Fsp3) is 0.375. The lowest BCUT2D eigenvalue weighted by Crippen LogP contribution is -2.13. The van der Waals surface area contributed by atoms with Gasteiger partial charge in [-0.05, 0) is 30.2 Å². The molecule has 1 aromatic carbocycles. The zero-order valence-electron chi connectivity index (χ0n) is 11.2. The number of rotatable bonds is 5. The molecule has 0 fully saturated rings. The number of hydrogen-bond acceptors (Lipinski definition) is 2. The average molecular weight is 289 g/mol. The predicted octanol–water partition coefficient (Wildman–Crippen LogP) is 5.65. The Morgan fingerprint density at radius 3 is 2.37 bits per heavy atom. The van der Waals surface area contributed by atoms with Gasteiger partial charge in [-0.3, -0.25) is 0 Å². The lowest BCUT2D eigenvalue weighted by molar-refractivity contribution is 0.639. The summed E-state index contributed by atoms with van der Waals surface area (Å²) in [5, 5.41) is 0. The Morgan fingerprint density at radius 1 is 1.05 bits per heavy atom. The number of aromatic amines is 1. The molecular weight excluding hydrogens is 270 g/mol. The van der Waals surface area contributed by atoms with Crippen LogP contribution in [0.3, 0.4) is 0 Å². The molecule has 0 unspecified atom stereocenters. The molecular formula is C16H19NS2. The normalized spacial score (nSPS) is 16.5. The van der Waals surface area contributed by atoms with E-state index >= 15 is 0 Å². The van der Waals surface area contributed by atoms with E-state index in [-0.39, 0.29) is 4.08 Å². The van der Waals surface area contributed by atoms with Crippen molar-refractivity contribution in [1.29, 1.82) is 0 Å². The third kappa shape index (κ3) is 2.59. The van der Waals surface area contributed by atoms with Crippen molar-refractivity contribution in [2.75, 3.05) is 0 Å². The van der Waals surface area contributed by atoms with Gasteiger partial charge in [-0.2, -0.15) is 0 Å². The second kappa shape index (κ2) is 5.68. The molecule has 1 N–H and O–H groups in total. The van der Waals surface area contributed by atoms with Crippen LogP contribution in [0, 0.1) is 0 Å². The molecule has 0 amide bonds. The fourth-order valence-electron chi connectivity index (χ4n) is 2.53. The molecule has 1 aromatic heterocycles. The number of nitrogens with one attached hydrogen (secondary N) is 1. The first kappa shape index (κ1) is 13.2. The number of aromatic nitrogens is 1. The van der Waals surface area contributed by atoms with Crippen molar-refractivity contribution in [2.24, 2.45) is 0 Å². The van der Waals surface area contributed by atoms with E-state index in [2.05, 4.69) is 48.4 Å². The largest absolute Gasteiger partial charge is 0.367 e. The Labute approximate surface area is 123 Å². The van der Waals surface area contributed by atoms with Gasteiger partial charge in [0.1, 0.15) is 0 Å². The highest BCUT2D eigenvalue weighted by Crippen LogP contribution is 2.63. The molecule has 0 saturated heterocycles. The monoisotopic (exact) mass is 289 g/mol. The minimum atomic E-state index is 0.179. The summed E-state index contributed by atoms with van der Waals surface area (Å²) in [6, 6.07) is 11.0. The lowest BCUT2D eigenvalue weighted by atomic mass is 10.1. The van der Waals surface area contributed by atoms with Crippen LogP contribution in [0.4, 0.5) is 0 Å². The SMILES string of the molecule is CCCCCC1(c2cc[nH]c2)Sc2ccccc2S1. The number of benzene rings is 1. The van der Waals surface area contributed by atoms with Crippen LogP contribution in [-0.2, 0) is 4.08 Å². The van der Waals surface area contributed by atoms with Crippen LogP contribution < -0.4 is 0 Å². The maximum Gasteiger partial charge on any atom is 0.0968 e. The zero-order chi connectivity index (χ0) is 13.1. The maximum atomic E-state index is 3.22. The number of hydrogen-bond donors (Lipinski definition) is 1. The van der Waals surface area contributed by atoms with Crippen LogP contribution in [0.1, 0.15) is 38.2 Å². The van der Waals surface area contributed by atoms with Gasteiger partial charge in [0.2, 0.25) is 0 Å². The molecule has 2 aromatic rings. The van der Waals surface area contributed by atoms with Gasteiger partial charge in [-0.15, -0.1) is 23.5 Å². The van der Waals surface area contributed by atoms with Gasteiger partial charge in [-0.1, -0.05) is 38.3 Å². The molecule has 0 bridgehead atoms. The van der Waals surface area contributed by atoms with Crippen LogP contribution in [0.5, 0.6) is 0 Å². The molecule has 0 spiro atoms. The highest BCUT2D eigenvalue weighted by atomic mass is 32.2.